The fraction of sp³-hybridized carbons (Fsp3) is 1.00. The van der Waals surface area contributed by atoms with Crippen molar-refractivity contribution in [2.45, 2.75) is 45.7 Å². The van der Waals surface area contributed by atoms with Crippen molar-refractivity contribution >= 4 is 0 Å². The molecule has 0 aromatic heterocycles. The summed E-state index contributed by atoms with van der Waals surface area (Å²) in [7, 11) is 0. The fourth-order valence-electron chi connectivity index (χ4n) is 1.74. The van der Waals surface area contributed by atoms with Gasteiger partial charge in [-0.25, -0.2) is 0 Å². The molecule has 0 N–H and O–H groups in total. The molecule has 1 aliphatic rings. The summed E-state index contributed by atoms with van der Waals surface area (Å²) in [6, 6.07) is 0. The van der Waals surface area contributed by atoms with Crippen LogP contribution in [-0.2, 0) is 4.74 Å². The van der Waals surface area contributed by atoms with Crippen LogP contribution in [0.2, 0.25) is 0 Å². The number of ether oxygens (including phenoxy) is 1. The van der Waals surface area contributed by atoms with Crippen LogP contribution in [0.25, 0.3) is 0 Å². The Morgan fingerprint density at radius 2 is 1.82 bits per heavy atom. The van der Waals surface area contributed by atoms with Crippen molar-refractivity contribution in [3.63, 3.8) is 0 Å². The summed E-state index contributed by atoms with van der Waals surface area (Å²) in [5, 5.41) is 0. The van der Waals surface area contributed by atoms with E-state index in [9.17, 15) is 0 Å². The highest BCUT2D eigenvalue weighted by molar-refractivity contribution is 4.91. The fourth-order valence-corrected chi connectivity index (χ4v) is 1.74. The molecule has 1 rings (SSSR count). The number of nitrogens with zero attached hydrogens (tertiary/aromatic N) is 1. The molecule has 2 heteroatoms. The van der Waals surface area contributed by atoms with Crippen molar-refractivity contribution in [1.82, 2.24) is 4.90 Å². The Morgan fingerprint density at radius 3 is 2.00 bits per heavy atom. The highest BCUT2D eigenvalue weighted by Crippen LogP contribution is 2.29. The molecule has 66 valence electrons. The molecule has 0 radical (unpaired) electrons. The molecule has 1 fully saturated rings. The van der Waals surface area contributed by atoms with Crippen LogP contribution in [0.15, 0.2) is 0 Å². The topological polar surface area (TPSA) is 12.5 Å². The van der Waals surface area contributed by atoms with Gasteiger partial charge in [-0.05, 0) is 34.6 Å². The zero-order chi connectivity index (χ0) is 8.70. The van der Waals surface area contributed by atoms with Gasteiger partial charge in [0.25, 0.3) is 0 Å². The van der Waals surface area contributed by atoms with E-state index in [0.717, 1.165) is 13.3 Å². The second kappa shape index (κ2) is 2.46. The van der Waals surface area contributed by atoms with Crippen molar-refractivity contribution in [3.8, 4) is 0 Å². The molecule has 11 heavy (non-hydrogen) atoms. The standard InChI is InChI=1S/C9H19NO/c1-8(2,3)10-7-11-6-9(10,4)5/h6-7H2,1-5H3. The van der Waals surface area contributed by atoms with Crippen LogP contribution < -0.4 is 0 Å². The Labute approximate surface area is 69.5 Å². The molecule has 0 aromatic rings. The van der Waals surface area contributed by atoms with E-state index in [4.69, 9.17) is 4.74 Å². The van der Waals surface area contributed by atoms with Crippen LogP contribution in [0.5, 0.6) is 0 Å². The average Bonchev–Trinajstić information content (AvgIpc) is 2.06. The van der Waals surface area contributed by atoms with Crippen LogP contribution in [0, 0.1) is 0 Å². The van der Waals surface area contributed by atoms with E-state index in [1.54, 1.807) is 0 Å². The minimum Gasteiger partial charge on any atom is -0.364 e. The van der Waals surface area contributed by atoms with E-state index in [1.165, 1.54) is 0 Å². The number of hydrogen-bond donors (Lipinski definition) is 0. The number of rotatable bonds is 0. The third-order valence-electron chi connectivity index (χ3n) is 2.22. The lowest BCUT2D eigenvalue weighted by molar-refractivity contribution is 0.0482. The minimum absolute atomic E-state index is 0.207. The molecular weight excluding hydrogens is 138 g/mol. The van der Waals surface area contributed by atoms with Gasteiger partial charge in [-0.15, -0.1) is 0 Å². The predicted octanol–water partition coefficient (Wildman–Crippen LogP) is 1.85. The molecule has 0 amide bonds. The zero-order valence-corrected chi connectivity index (χ0v) is 8.27. The van der Waals surface area contributed by atoms with E-state index in [-0.39, 0.29) is 11.1 Å². The summed E-state index contributed by atoms with van der Waals surface area (Å²) in [4.78, 5) is 2.39. The molecule has 1 saturated heterocycles. The number of hydrogen-bond acceptors (Lipinski definition) is 2. The second-order valence-corrected chi connectivity index (χ2v) is 4.89. The van der Waals surface area contributed by atoms with Crippen LogP contribution in [0.3, 0.4) is 0 Å². The van der Waals surface area contributed by atoms with E-state index >= 15 is 0 Å². The Bertz CT molecular complexity index is 146. The van der Waals surface area contributed by atoms with Crippen LogP contribution in [0.1, 0.15) is 34.6 Å². The van der Waals surface area contributed by atoms with Gasteiger partial charge in [-0.3, -0.25) is 4.90 Å². The van der Waals surface area contributed by atoms with Gasteiger partial charge in [0.2, 0.25) is 0 Å². The summed E-state index contributed by atoms with van der Waals surface area (Å²) in [6.45, 7) is 12.8. The first kappa shape index (κ1) is 9.01. The SMILES string of the molecule is CC(C)(C)N1COCC1(C)C. The monoisotopic (exact) mass is 157 g/mol. The van der Waals surface area contributed by atoms with Gasteiger partial charge in [0.05, 0.1) is 6.61 Å². The molecule has 0 unspecified atom stereocenters. The molecule has 1 heterocycles. The van der Waals surface area contributed by atoms with E-state index < -0.39 is 0 Å². The van der Waals surface area contributed by atoms with Crippen molar-refractivity contribution in [3.05, 3.63) is 0 Å². The summed E-state index contributed by atoms with van der Waals surface area (Å²) >= 11 is 0. The largest absolute Gasteiger partial charge is 0.364 e. The van der Waals surface area contributed by atoms with E-state index in [1.807, 2.05) is 0 Å². The Morgan fingerprint density at radius 1 is 1.27 bits per heavy atom. The molecule has 2 nitrogen and oxygen atoms in total. The van der Waals surface area contributed by atoms with Gasteiger partial charge in [-0.1, -0.05) is 0 Å². The highest BCUT2D eigenvalue weighted by atomic mass is 16.5. The first-order chi connectivity index (χ1) is 4.84. The molecule has 1 aliphatic heterocycles. The second-order valence-electron chi connectivity index (χ2n) is 4.89. The van der Waals surface area contributed by atoms with Gasteiger partial charge in [-0.2, -0.15) is 0 Å². The maximum Gasteiger partial charge on any atom is 0.100 e. The predicted molar refractivity (Wildman–Crippen MR) is 46.5 cm³/mol. The Hall–Kier alpha value is -0.0800. The highest BCUT2D eigenvalue weighted by Gasteiger charge is 2.39. The van der Waals surface area contributed by atoms with Gasteiger partial charge in [0, 0.05) is 11.1 Å². The van der Waals surface area contributed by atoms with E-state index in [0.29, 0.717) is 0 Å². The normalized spacial score (nSPS) is 25.9. The van der Waals surface area contributed by atoms with Crippen molar-refractivity contribution in [1.29, 1.82) is 0 Å². The molecule has 0 aromatic carbocycles. The average molecular weight is 157 g/mol. The van der Waals surface area contributed by atoms with Crippen molar-refractivity contribution in [2.75, 3.05) is 13.3 Å². The quantitative estimate of drug-likeness (QED) is 0.532. The summed E-state index contributed by atoms with van der Waals surface area (Å²) in [5.41, 5.74) is 0.429. The summed E-state index contributed by atoms with van der Waals surface area (Å²) in [5.74, 6) is 0. The molecule has 0 spiro atoms. The summed E-state index contributed by atoms with van der Waals surface area (Å²) < 4.78 is 5.42. The molecule has 0 bridgehead atoms. The third kappa shape index (κ3) is 1.74. The van der Waals surface area contributed by atoms with Gasteiger partial charge in [0.15, 0.2) is 0 Å². The smallest absolute Gasteiger partial charge is 0.100 e. The van der Waals surface area contributed by atoms with Crippen LogP contribution in [0.4, 0.5) is 0 Å². The van der Waals surface area contributed by atoms with Crippen LogP contribution in [-0.4, -0.2) is 29.3 Å². The van der Waals surface area contributed by atoms with Gasteiger partial charge >= 0.3 is 0 Å². The lowest BCUT2D eigenvalue weighted by Crippen LogP contribution is -2.51. The minimum atomic E-state index is 0.207. The van der Waals surface area contributed by atoms with Gasteiger partial charge < -0.3 is 4.74 Å². The van der Waals surface area contributed by atoms with Crippen molar-refractivity contribution < 1.29 is 4.74 Å². The maximum atomic E-state index is 5.42. The summed E-state index contributed by atoms with van der Waals surface area (Å²) in [6.07, 6.45) is 0. The van der Waals surface area contributed by atoms with Crippen molar-refractivity contribution in [2.24, 2.45) is 0 Å². The molecule has 0 aliphatic carbocycles. The Balaban J connectivity index is 2.73. The third-order valence-corrected chi connectivity index (χ3v) is 2.22. The lowest BCUT2D eigenvalue weighted by Gasteiger charge is -2.40. The molecule has 0 atom stereocenters. The first-order valence-corrected chi connectivity index (χ1v) is 4.19. The molecular formula is C9H19NO. The molecule has 0 saturated carbocycles. The zero-order valence-electron chi connectivity index (χ0n) is 8.27. The van der Waals surface area contributed by atoms with Crippen LogP contribution >= 0.6 is 0 Å². The maximum absolute atomic E-state index is 5.42. The van der Waals surface area contributed by atoms with Gasteiger partial charge in [0.1, 0.15) is 6.73 Å². The lowest BCUT2D eigenvalue weighted by atomic mass is 9.97. The first-order valence-electron chi connectivity index (χ1n) is 4.19. The van der Waals surface area contributed by atoms with E-state index in [2.05, 4.69) is 39.5 Å². The Kier molecular flexibility index (Phi) is 2.01.